The lowest BCUT2D eigenvalue weighted by molar-refractivity contribution is -0.126. The van der Waals surface area contributed by atoms with Crippen LogP contribution in [0.3, 0.4) is 0 Å². The van der Waals surface area contributed by atoms with Crippen LogP contribution in [0, 0.1) is 5.92 Å². The number of hydrogen-bond donors (Lipinski definition) is 2. The van der Waals surface area contributed by atoms with Crippen molar-refractivity contribution in [2.75, 3.05) is 39.3 Å². The predicted octanol–water partition coefficient (Wildman–Crippen LogP) is 1.66. The number of nitrogens with one attached hydrogen (secondary N) is 2. The van der Waals surface area contributed by atoms with Crippen LogP contribution in [0.4, 0.5) is 0 Å². The Morgan fingerprint density at radius 2 is 2.00 bits per heavy atom. The van der Waals surface area contributed by atoms with Crippen LogP contribution in [-0.2, 0) is 11.3 Å². The zero-order chi connectivity index (χ0) is 15.8. The second-order valence-electron chi connectivity index (χ2n) is 5.56. The molecular formula is C17H28ClN3O2. The Morgan fingerprint density at radius 1 is 1.30 bits per heavy atom. The van der Waals surface area contributed by atoms with Gasteiger partial charge in [-0.05, 0) is 19.2 Å². The molecule has 5 nitrogen and oxygen atoms in total. The van der Waals surface area contributed by atoms with E-state index in [1.54, 1.807) is 0 Å². The highest BCUT2D eigenvalue weighted by Crippen LogP contribution is 2.18. The van der Waals surface area contributed by atoms with Gasteiger partial charge in [-0.25, -0.2) is 0 Å². The molecule has 1 amide bonds. The van der Waals surface area contributed by atoms with Gasteiger partial charge in [-0.2, -0.15) is 0 Å². The largest absolute Gasteiger partial charge is 0.492 e. The molecule has 1 aliphatic heterocycles. The van der Waals surface area contributed by atoms with E-state index in [1.807, 2.05) is 24.3 Å². The summed E-state index contributed by atoms with van der Waals surface area (Å²) in [5.74, 6) is 1.11. The molecule has 0 unspecified atom stereocenters. The first-order chi connectivity index (χ1) is 10.7. The van der Waals surface area contributed by atoms with E-state index in [2.05, 4.69) is 29.4 Å². The molecule has 0 spiro atoms. The van der Waals surface area contributed by atoms with Crippen molar-refractivity contribution < 1.29 is 9.53 Å². The third-order valence-electron chi connectivity index (χ3n) is 4.14. The van der Waals surface area contributed by atoms with Crippen LogP contribution < -0.4 is 15.4 Å². The van der Waals surface area contributed by atoms with E-state index in [0.717, 1.165) is 44.0 Å². The maximum Gasteiger partial charge on any atom is 0.225 e. The Labute approximate surface area is 145 Å². The summed E-state index contributed by atoms with van der Waals surface area (Å²) in [7, 11) is 0. The SMILES string of the molecule is CCN(CC)CCOc1ccccc1CNC(=O)C1CNC1.Cl. The fourth-order valence-electron chi connectivity index (χ4n) is 2.42. The van der Waals surface area contributed by atoms with Gasteiger partial charge in [0.25, 0.3) is 0 Å². The topological polar surface area (TPSA) is 53.6 Å². The first-order valence-corrected chi connectivity index (χ1v) is 8.16. The number of halogens is 1. The number of likely N-dealkylation sites (N-methyl/N-ethyl adjacent to an activating group) is 1. The normalized spacial score (nSPS) is 14.0. The molecule has 0 bridgehead atoms. The van der Waals surface area contributed by atoms with Crippen LogP contribution in [0.5, 0.6) is 5.75 Å². The van der Waals surface area contributed by atoms with Gasteiger partial charge in [0.1, 0.15) is 12.4 Å². The molecule has 1 saturated heterocycles. The molecule has 1 aliphatic rings. The Balaban J connectivity index is 0.00000264. The minimum Gasteiger partial charge on any atom is -0.492 e. The van der Waals surface area contributed by atoms with Gasteiger partial charge in [0.05, 0.1) is 5.92 Å². The summed E-state index contributed by atoms with van der Waals surface area (Å²) >= 11 is 0. The van der Waals surface area contributed by atoms with Crippen molar-refractivity contribution in [3.63, 3.8) is 0 Å². The highest BCUT2D eigenvalue weighted by Gasteiger charge is 2.24. The minimum absolute atomic E-state index is 0. The van der Waals surface area contributed by atoms with Crippen LogP contribution in [0.25, 0.3) is 0 Å². The van der Waals surface area contributed by atoms with Crippen molar-refractivity contribution in [1.82, 2.24) is 15.5 Å². The van der Waals surface area contributed by atoms with Crippen LogP contribution in [0.2, 0.25) is 0 Å². The van der Waals surface area contributed by atoms with Gasteiger partial charge >= 0.3 is 0 Å². The summed E-state index contributed by atoms with van der Waals surface area (Å²) in [5.41, 5.74) is 1.03. The Hall–Kier alpha value is -1.30. The molecule has 2 rings (SSSR count). The molecular weight excluding hydrogens is 314 g/mol. The van der Waals surface area contributed by atoms with Gasteiger partial charge in [0, 0.05) is 31.7 Å². The fraction of sp³-hybridized carbons (Fsp3) is 0.588. The van der Waals surface area contributed by atoms with E-state index in [9.17, 15) is 4.79 Å². The molecule has 130 valence electrons. The molecule has 0 aromatic heterocycles. The Bertz CT molecular complexity index is 477. The van der Waals surface area contributed by atoms with Gasteiger partial charge in [0.2, 0.25) is 5.91 Å². The molecule has 1 aromatic rings. The molecule has 1 fully saturated rings. The third kappa shape index (κ3) is 6.01. The Morgan fingerprint density at radius 3 is 2.61 bits per heavy atom. The fourth-order valence-corrected chi connectivity index (χ4v) is 2.42. The van der Waals surface area contributed by atoms with Crippen molar-refractivity contribution in [3.8, 4) is 5.75 Å². The van der Waals surface area contributed by atoms with Gasteiger partial charge in [-0.3, -0.25) is 4.79 Å². The second kappa shape index (κ2) is 10.5. The first-order valence-electron chi connectivity index (χ1n) is 8.16. The monoisotopic (exact) mass is 341 g/mol. The minimum atomic E-state index is 0. The van der Waals surface area contributed by atoms with Crippen LogP contribution in [0.15, 0.2) is 24.3 Å². The Kier molecular flexibility index (Phi) is 8.99. The second-order valence-corrected chi connectivity index (χ2v) is 5.56. The highest BCUT2D eigenvalue weighted by atomic mass is 35.5. The maximum atomic E-state index is 11.9. The molecule has 0 atom stereocenters. The van der Waals surface area contributed by atoms with Crippen molar-refractivity contribution >= 4 is 18.3 Å². The molecule has 1 heterocycles. The van der Waals surface area contributed by atoms with E-state index >= 15 is 0 Å². The number of hydrogen-bond acceptors (Lipinski definition) is 4. The predicted molar refractivity (Wildman–Crippen MR) is 95.2 cm³/mol. The third-order valence-corrected chi connectivity index (χ3v) is 4.14. The quantitative estimate of drug-likeness (QED) is 0.717. The summed E-state index contributed by atoms with van der Waals surface area (Å²) in [6, 6.07) is 7.91. The van der Waals surface area contributed by atoms with Crippen LogP contribution >= 0.6 is 12.4 Å². The number of benzene rings is 1. The van der Waals surface area contributed by atoms with Crippen molar-refractivity contribution in [1.29, 1.82) is 0 Å². The van der Waals surface area contributed by atoms with Gasteiger partial charge in [0.15, 0.2) is 0 Å². The zero-order valence-electron chi connectivity index (χ0n) is 14.0. The molecule has 23 heavy (non-hydrogen) atoms. The van der Waals surface area contributed by atoms with Crippen molar-refractivity contribution in [2.45, 2.75) is 20.4 Å². The van der Waals surface area contributed by atoms with Gasteiger partial charge in [-0.15, -0.1) is 12.4 Å². The van der Waals surface area contributed by atoms with E-state index in [4.69, 9.17) is 4.74 Å². The van der Waals surface area contributed by atoms with E-state index < -0.39 is 0 Å². The number of carbonyl (C=O) groups excluding carboxylic acids is 1. The number of rotatable bonds is 9. The first kappa shape index (κ1) is 19.7. The van der Waals surface area contributed by atoms with Crippen LogP contribution in [0.1, 0.15) is 19.4 Å². The number of amides is 1. The van der Waals surface area contributed by atoms with Crippen molar-refractivity contribution in [3.05, 3.63) is 29.8 Å². The lowest BCUT2D eigenvalue weighted by atomic mass is 10.0. The van der Waals surface area contributed by atoms with Crippen LogP contribution in [-0.4, -0.2) is 50.1 Å². The number of carbonyl (C=O) groups is 1. The summed E-state index contributed by atoms with van der Waals surface area (Å²) in [6.07, 6.45) is 0. The zero-order valence-corrected chi connectivity index (χ0v) is 14.8. The lowest BCUT2D eigenvalue weighted by Crippen LogP contribution is -2.50. The summed E-state index contributed by atoms with van der Waals surface area (Å²) in [6.45, 7) is 10.1. The van der Waals surface area contributed by atoms with E-state index in [0.29, 0.717) is 13.2 Å². The number of ether oxygens (including phenoxy) is 1. The maximum absolute atomic E-state index is 11.9. The van der Waals surface area contributed by atoms with E-state index in [-0.39, 0.29) is 24.2 Å². The summed E-state index contributed by atoms with van der Waals surface area (Å²) in [5, 5.41) is 6.10. The average Bonchev–Trinajstić information content (AvgIpc) is 2.49. The summed E-state index contributed by atoms with van der Waals surface area (Å²) in [4.78, 5) is 14.2. The standard InChI is InChI=1S/C17H27N3O2.ClH/c1-3-20(4-2)9-10-22-16-8-6-5-7-14(16)13-19-17(21)15-11-18-12-15;/h5-8,15,18H,3-4,9-13H2,1-2H3,(H,19,21);1H. The smallest absolute Gasteiger partial charge is 0.225 e. The highest BCUT2D eigenvalue weighted by molar-refractivity contribution is 5.85. The molecule has 1 aromatic carbocycles. The van der Waals surface area contributed by atoms with Gasteiger partial charge < -0.3 is 20.3 Å². The number of para-hydroxylation sites is 1. The lowest BCUT2D eigenvalue weighted by Gasteiger charge is -2.26. The molecule has 0 aliphatic carbocycles. The molecule has 0 saturated carbocycles. The average molecular weight is 342 g/mol. The summed E-state index contributed by atoms with van der Waals surface area (Å²) < 4.78 is 5.90. The van der Waals surface area contributed by atoms with Crippen molar-refractivity contribution in [2.24, 2.45) is 5.92 Å². The van der Waals surface area contributed by atoms with Gasteiger partial charge in [-0.1, -0.05) is 32.0 Å². The molecule has 2 N–H and O–H groups in total. The van der Waals surface area contributed by atoms with E-state index in [1.165, 1.54) is 0 Å². The number of nitrogens with zero attached hydrogens (tertiary/aromatic N) is 1. The molecule has 6 heteroatoms. The molecule has 0 radical (unpaired) electrons.